The first-order valence-corrected chi connectivity index (χ1v) is 19.2. The van der Waals surface area contributed by atoms with E-state index in [4.69, 9.17) is 18.9 Å². The fourth-order valence-electron chi connectivity index (χ4n) is 10.0. The van der Waals surface area contributed by atoms with Gasteiger partial charge in [-0.2, -0.15) is 0 Å². The second-order valence-electron chi connectivity index (χ2n) is 16.1. The molecule has 290 valence electrons. The molecule has 1 saturated heterocycles. The molecule has 0 unspecified atom stereocenters. The number of benzene rings is 2. The van der Waals surface area contributed by atoms with E-state index < -0.39 is 65.3 Å². The summed E-state index contributed by atoms with van der Waals surface area (Å²) in [5, 5.41) is 67.4. The van der Waals surface area contributed by atoms with Crippen molar-refractivity contribution in [3.63, 3.8) is 0 Å². The van der Waals surface area contributed by atoms with Gasteiger partial charge in [0.2, 0.25) is 6.29 Å². The summed E-state index contributed by atoms with van der Waals surface area (Å²) in [5.74, 6) is 2.06. The number of hydrogen-bond acceptors (Lipinski definition) is 10. The van der Waals surface area contributed by atoms with Crippen molar-refractivity contribution in [3.05, 3.63) is 90.2 Å². The number of rotatable bonds is 10. The normalized spacial score (nSPS) is 38.4. The van der Waals surface area contributed by atoms with Crippen LogP contribution in [0.15, 0.2) is 73.5 Å². The van der Waals surface area contributed by atoms with Crippen molar-refractivity contribution in [2.24, 2.45) is 23.2 Å². The van der Waals surface area contributed by atoms with Gasteiger partial charge in [-0.25, -0.2) is 4.79 Å². The summed E-state index contributed by atoms with van der Waals surface area (Å²) in [6, 6.07) is 14.3. The molecule has 0 radical (unpaired) electrons. The van der Waals surface area contributed by atoms with E-state index in [1.165, 1.54) is 6.26 Å². The lowest BCUT2D eigenvalue weighted by Gasteiger charge is -2.54. The van der Waals surface area contributed by atoms with Gasteiger partial charge < -0.3 is 49.6 Å². The Bertz CT molecular complexity index is 1730. The molecule has 8 rings (SSSR count). The van der Waals surface area contributed by atoms with Crippen LogP contribution in [0.25, 0.3) is 0 Å². The Morgan fingerprint density at radius 2 is 1.81 bits per heavy atom. The van der Waals surface area contributed by atoms with Crippen LogP contribution in [0, 0.1) is 35.2 Å². The summed E-state index contributed by atoms with van der Waals surface area (Å²) in [6.07, 6.45) is 5.84. The van der Waals surface area contributed by atoms with Crippen LogP contribution in [-0.2, 0) is 27.1 Å². The van der Waals surface area contributed by atoms with Crippen LogP contribution in [0.2, 0.25) is 0 Å². The highest BCUT2D eigenvalue weighted by Gasteiger charge is 2.65. The molecule has 54 heavy (non-hydrogen) atoms. The lowest BCUT2D eigenvalue weighted by Crippen LogP contribution is -2.70. The monoisotopic (exact) mass is 744 g/mol. The molecule has 2 aliphatic carbocycles. The zero-order chi connectivity index (χ0) is 38.1. The average molecular weight is 745 g/mol. The number of aliphatic hydroxyl groups excluding tert-OH is 4. The zero-order valence-electron chi connectivity index (χ0n) is 30.5. The Labute approximate surface area is 316 Å². The van der Waals surface area contributed by atoms with Crippen molar-refractivity contribution in [1.29, 1.82) is 0 Å². The summed E-state index contributed by atoms with van der Waals surface area (Å²) >= 11 is 0. The predicted octanol–water partition coefficient (Wildman–Crippen LogP) is 4.28. The molecule has 2 aromatic rings. The molecule has 0 amide bonds. The van der Waals surface area contributed by atoms with Crippen molar-refractivity contribution in [1.82, 2.24) is 0 Å². The van der Waals surface area contributed by atoms with Crippen molar-refractivity contribution in [3.8, 4) is 17.8 Å². The van der Waals surface area contributed by atoms with E-state index in [9.17, 15) is 35.4 Å². The lowest BCUT2D eigenvalue weighted by atomic mass is 9.55. The van der Waals surface area contributed by atoms with Crippen molar-refractivity contribution in [2.75, 3.05) is 6.61 Å². The minimum absolute atomic E-state index is 0.0231. The molecular weight excluding hydrogens is 692 g/mol. The van der Waals surface area contributed by atoms with Crippen molar-refractivity contribution in [2.45, 2.75) is 119 Å². The Balaban J connectivity index is 1.22. The largest absolute Gasteiger partial charge is 0.486 e. The van der Waals surface area contributed by atoms with Gasteiger partial charge in [-0.1, -0.05) is 36.3 Å². The molecule has 6 N–H and O–H groups in total. The minimum atomic E-state index is -1.69. The SMILES string of the molecule is C=CCc1ccc(O[C@H]2O[C@H]3[C@@H](O)[C@H](O)[C@]24C[C@H]([C@H](O)CC#CO[C@H]3CCCO)[C@@]2(C=CO4)CC[C@H]3C[C@H](Cc4ccc(C(=O)O)cc4)C[C@@]3(O)C2)cc1. The lowest BCUT2D eigenvalue weighted by molar-refractivity contribution is -0.334. The number of allylic oxidation sites excluding steroid dienone is 2. The fourth-order valence-corrected chi connectivity index (χ4v) is 10.0. The van der Waals surface area contributed by atoms with Crippen LogP contribution in [0.4, 0.5) is 0 Å². The molecule has 3 fully saturated rings. The smallest absolute Gasteiger partial charge is 0.335 e. The summed E-state index contributed by atoms with van der Waals surface area (Å²) in [7, 11) is 0. The first-order valence-electron chi connectivity index (χ1n) is 19.2. The van der Waals surface area contributed by atoms with E-state index >= 15 is 0 Å². The van der Waals surface area contributed by atoms with Gasteiger partial charge in [0, 0.05) is 19.4 Å². The third kappa shape index (κ3) is 7.40. The molecule has 3 bridgehead atoms. The van der Waals surface area contributed by atoms with E-state index in [0.717, 1.165) is 17.5 Å². The molecular formula is C43H52O11. The maximum absolute atomic E-state index is 12.5. The van der Waals surface area contributed by atoms with Crippen LogP contribution in [0.5, 0.6) is 5.75 Å². The van der Waals surface area contributed by atoms with E-state index in [1.54, 1.807) is 30.3 Å². The van der Waals surface area contributed by atoms with E-state index in [2.05, 4.69) is 18.6 Å². The van der Waals surface area contributed by atoms with Crippen LogP contribution >= 0.6 is 0 Å². The molecule has 2 spiro atoms. The number of fused-ring (bicyclic) bond motifs is 7. The zero-order valence-corrected chi connectivity index (χ0v) is 30.5. The number of ether oxygens (including phenoxy) is 4. The minimum Gasteiger partial charge on any atom is -0.486 e. The Morgan fingerprint density at radius 1 is 1.06 bits per heavy atom. The van der Waals surface area contributed by atoms with Crippen LogP contribution in [0.1, 0.15) is 79.3 Å². The van der Waals surface area contributed by atoms with E-state index in [-0.39, 0.29) is 43.3 Å². The molecule has 2 saturated carbocycles. The summed E-state index contributed by atoms with van der Waals surface area (Å²) in [6.45, 7) is 3.69. The molecule has 11 heteroatoms. The van der Waals surface area contributed by atoms with Crippen LogP contribution in [-0.4, -0.2) is 91.2 Å². The summed E-state index contributed by atoms with van der Waals surface area (Å²) < 4.78 is 25.6. The predicted molar refractivity (Wildman–Crippen MR) is 197 cm³/mol. The third-order valence-electron chi connectivity index (χ3n) is 12.8. The number of aliphatic hydroxyl groups is 5. The second-order valence-corrected chi connectivity index (χ2v) is 16.1. The average Bonchev–Trinajstić information content (AvgIpc) is 3.38. The molecule has 12 atom stereocenters. The van der Waals surface area contributed by atoms with Gasteiger partial charge >= 0.3 is 5.97 Å². The van der Waals surface area contributed by atoms with E-state index in [0.29, 0.717) is 50.7 Å². The Hall–Kier alpha value is -3.89. The Morgan fingerprint density at radius 3 is 2.54 bits per heavy atom. The van der Waals surface area contributed by atoms with E-state index in [1.807, 2.05) is 30.3 Å². The maximum Gasteiger partial charge on any atom is 0.335 e. The number of carbonyl (C=O) groups is 1. The van der Waals surface area contributed by atoms with Crippen molar-refractivity contribution < 1.29 is 54.4 Å². The number of carboxylic acid groups (broad SMARTS) is 1. The van der Waals surface area contributed by atoms with Crippen LogP contribution < -0.4 is 4.74 Å². The number of aromatic carboxylic acids is 1. The summed E-state index contributed by atoms with van der Waals surface area (Å²) in [5.41, 5.74) is -1.21. The molecule has 4 heterocycles. The van der Waals surface area contributed by atoms with Gasteiger partial charge in [0.1, 0.15) is 36.3 Å². The quantitative estimate of drug-likeness (QED) is 0.151. The molecule has 11 nitrogen and oxygen atoms in total. The molecule has 2 aromatic carbocycles. The molecule has 0 aromatic heterocycles. The van der Waals surface area contributed by atoms with Gasteiger partial charge in [0.25, 0.3) is 0 Å². The van der Waals surface area contributed by atoms with Crippen LogP contribution in [0.3, 0.4) is 0 Å². The highest BCUT2D eigenvalue weighted by molar-refractivity contribution is 5.87. The molecule has 6 aliphatic rings. The first kappa shape index (κ1) is 38.4. The molecule has 4 aliphatic heterocycles. The Kier molecular flexibility index (Phi) is 11.2. The van der Waals surface area contributed by atoms with Gasteiger partial charge in [-0.05, 0) is 122 Å². The highest BCUT2D eigenvalue weighted by atomic mass is 16.7. The maximum atomic E-state index is 12.5. The number of hydrogen-bond donors (Lipinski definition) is 6. The van der Waals surface area contributed by atoms with Crippen molar-refractivity contribution >= 4 is 5.97 Å². The fraction of sp³-hybridized carbons (Fsp3) is 0.558. The topological polar surface area (TPSA) is 175 Å². The van der Waals surface area contributed by atoms with Gasteiger partial charge in [-0.3, -0.25) is 0 Å². The number of carboxylic acids is 1. The van der Waals surface area contributed by atoms with Gasteiger partial charge in [-0.15, -0.1) is 6.58 Å². The first-order chi connectivity index (χ1) is 26.0. The van der Waals surface area contributed by atoms with Gasteiger partial charge in [0.05, 0.1) is 23.5 Å². The highest BCUT2D eigenvalue weighted by Crippen LogP contribution is 2.61. The standard InChI is InChI=1S/C43H52O11/c1-2-5-27-10-14-32(15-11-27)53-40-43-25-33(34(45)6-4-20-51-35(7-3-19-44)37(54-40)36(46)38(43)47)41(18-21-52-43)17-16-31-23-29(24-42(31,50)26-41)22-28-8-12-30(13-9-28)39(48)49/h2,8-15,18,21,29,31,33-38,40,44-47,50H,1,3,5-7,16-17,19,22-26H2,(H,48,49)/t29-,31-,33+,34+,35-,36+,37+,38-,40-,41+,42+,43+/m0/s1. The summed E-state index contributed by atoms with van der Waals surface area (Å²) in [4.78, 5) is 11.4. The third-order valence-corrected chi connectivity index (χ3v) is 12.8. The second kappa shape index (κ2) is 15.7. The van der Waals surface area contributed by atoms with Gasteiger partial charge in [0.15, 0.2) is 5.60 Å².